The Morgan fingerprint density at radius 3 is 2.65 bits per heavy atom. The molecule has 0 saturated carbocycles. The third kappa shape index (κ3) is 4.42. The molecular formula is C15H23NO4. The van der Waals surface area contributed by atoms with Gasteiger partial charge in [-0.25, -0.2) is 0 Å². The van der Waals surface area contributed by atoms with Crippen molar-refractivity contribution in [2.75, 3.05) is 20.8 Å². The van der Waals surface area contributed by atoms with Gasteiger partial charge in [0.15, 0.2) is 11.5 Å². The van der Waals surface area contributed by atoms with Crippen LogP contribution >= 0.6 is 0 Å². The van der Waals surface area contributed by atoms with E-state index in [0.29, 0.717) is 18.1 Å². The lowest BCUT2D eigenvalue weighted by Crippen LogP contribution is -2.18. The Morgan fingerprint density at radius 1 is 1.30 bits per heavy atom. The van der Waals surface area contributed by atoms with E-state index >= 15 is 0 Å². The van der Waals surface area contributed by atoms with Crippen molar-refractivity contribution in [3.63, 3.8) is 0 Å². The van der Waals surface area contributed by atoms with Gasteiger partial charge in [0, 0.05) is 11.6 Å². The van der Waals surface area contributed by atoms with Crippen molar-refractivity contribution in [2.24, 2.45) is 5.73 Å². The van der Waals surface area contributed by atoms with Gasteiger partial charge in [-0.05, 0) is 12.5 Å². The van der Waals surface area contributed by atoms with Crippen LogP contribution in [0.15, 0.2) is 18.2 Å². The minimum Gasteiger partial charge on any atom is -0.493 e. The summed E-state index contributed by atoms with van der Waals surface area (Å²) in [5.74, 6) is 0.861. The number of hydrogen-bond acceptors (Lipinski definition) is 5. The minimum absolute atomic E-state index is 0.118. The molecule has 20 heavy (non-hydrogen) atoms. The lowest BCUT2D eigenvalue weighted by Gasteiger charge is -2.17. The number of benzene rings is 1. The van der Waals surface area contributed by atoms with Crippen molar-refractivity contribution < 1.29 is 19.0 Å². The van der Waals surface area contributed by atoms with E-state index in [4.69, 9.17) is 19.9 Å². The fraction of sp³-hybridized carbons (Fsp3) is 0.533. The first-order valence-corrected chi connectivity index (χ1v) is 6.76. The summed E-state index contributed by atoms with van der Waals surface area (Å²) in [4.78, 5) is 11.7. The molecule has 0 bridgehead atoms. The first-order valence-electron chi connectivity index (χ1n) is 6.76. The van der Waals surface area contributed by atoms with Gasteiger partial charge < -0.3 is 19.9 Å². The number of hydrogen-bond donors (Lipinski definition) is 1. The summed E-state index contributed by atoms with van der Waals surface area (Å²) in [6, 6.07) is 4.95. The number of carbonyl (C=O) groups is 1. The molecule has 1 atom stereocenters. The predicted molar refractivity (Wildman–Crippen MR) is 77.0 cm³/mol. The average molecular weight is 281 g/mol. The third-order valence-corrected chi connectivity index (χ3v) is 2.98. The second-order valence-electron chi connectivity index (χ2n) is 4.47. The van der Waals surface area contributed by atoms with Gasteiger partial charge in [-0.15, -0.1) is 0 Å². The molecule has 5 heteroatoms. The molecule has 1 unspecified atom stereocenters. The van der Waals surface area contributed by atoms with Gasteiger partial charge >= 0.3 is 5.97 Å². The fourth-order valence-corrected chi connectivity index (χ4v) is 1.88. The molecule has 0 aliphatic rings. The van der Waals surface area contributed by atoms with Crippen LogP contribution < -0.4 is 15.2 Å². The van der Waals surface area contributed by atoms with Crippen molar-refractivity contribution in [3.05, 3.63) is 23.8 Å². The highest BCUT2D eigenvalue weighted by atomic mass is 16.5. The molecule has 0 aliphatic heterocycles. The average Bonchev–Trinajstić information content (AvgIpc) is 2.46. The molecule has 0 spiro atoms. The van der Waals surface area contributed by atoms with E-state index < -0.39 is 6.04 Å². The van der Waals surface area contributed by atoms with Gasteiger partial charge in [0.1, 0.15) is 0 Å². The first-order chi connectivity index (χ1) is 9.63. The maximum absolute atomic E-state index is 11.7. The zero-order valence-corrected chi connectivity index (χ0v) is 12.3. The van der Waals surface area contributed by atoms with Crippen molar-refractivity contribution in [1.82, 2.24) is 0 Å². The van der Waals surface area contributed by atoms with Gasteiger partial charge in [-0.2, -0.15) is 0 Å². The van der Waals surface area contributed by atoms with E-state index in [1.807, 2.05) is 19.1 Å². The first kappa shape index (κ1) is 16.3. The summed E-state index contributed by atoms with van der Waals surface area (Å²) < 4.78 is 15.6. The largest absolute Gasteiger partial charge is 0.493 e. The molecule has 0 aromatic heterocycles. The highest BCUT2D eigenvalue weighted by Crippen LogP contribution is 2.34. The summed E-state index contributed by atoms with van der Waals surface area (Å²) in [5, 5.41) is 0. The van der Waals surface area contributed by atoms with Crippen LogP contribution in [0.3, 0.4) is 0 Å². The fourth-order valence-electron chi connectivity index (χ4n) is 1.88. The van der Waals surface area contributed by atoms with Gasteiger partial charge in [-0.1, -0.05) is 25.5 Å². The topological polar surface area (TPSA) is 70.8 Å². The van der Waals surface area contributed by atoms with E-state index in [2.05, 4.69) is 0 Å². The molecule has 0 radical (unpaired) electrons. The van der Waals surface area contributed by atoms with Gasteiger partial charge in [-0.3, -0.25) is 4.79 Å². The SMILES string of the molecule is CCCCOC(=O)CC(N)c1cccc(OC)c1OC. The minimum atomic E-state index is -0.478. The maximum Gasteiger partial charge on any atom is 0.307 e. The van der Waals surface area contributed by atoms with Gasteiger partial charge in [0.05, 0.1) is 27.2 Å². The van der Waals surface area contributed by atoms with Crippen LogP contribution in [-0.4, -0.2) is 26.8 Å². The molecule has 0 aliphatic carbocycles. The number of carbonyl (C=O) groups excluding carboxylic acids is 1. The number of unbranched alkanes of at least 4 members (excludes halogenated alkanes) is 1. The van der Waals surface area contributed by atoms with Crippen molar-refractivity contribution in [3.8, 4) is 11.5 Å². The van der Waals surface area contributed by atoms with Crippen molar-refractivity contribution in [1.29, 1.82) is 0 Å². The monoisotopic (exact) mass is 281 g/mol. The predicted octanol–water partition coefficient (Wildman–Crippen LogP) is 2.44. The van der Waals surface area contributed by atoms with E-state index in [0.717, 1.165) is 18.4 Å². The number of rotatable bonds is 8. The van der Waals surface area contributed by atoms with Crippen LogP contribution in [0.5, 0.6) is 11.5 Å². The van der Waals surface area contributed by atoms with E-state index in [9.17, 15) is 4.79 Å². The quantitative estimate of drug-likeness (QED) is 0.585. The van der Waals surface area contributed by atoms with Crippen LogP contribution in [0.25, 0.3) is 0 Å². The summed E-state index contributed by atoms with van der Waals surface area (Å²) >= 11 is 0. The zero-order chi connectivity index (χ0) is 15.0. The summed E-state index contributed by atoms with van der Waals surface area (Å²) in [5.41, 5.74) is 6.80. The number of para-hydroxylation sites is 1. The van der Waals surface area contributed by atoms with Crippen LogP contribution in [0.4, 0.5) is 0 Å². The van der Waals surface area contributed by atoms with Gasteiger partial charge in [0.25, 0.3) is 0 Å². The van der Waals surface area contributed by atoms with Gasteiger partial charge in [0.2, 0.25) is 0 Å². The van der Waals surface area contributed by atoms with Crippen molar-refractivity contribution in [2.45, 2.75) is 32.2 Å². The van der Waals surface area contributed by atoms with Crippen molar-refractivity contribution >= 4 is 5.97 Å². The second-order valence-corrected chi connectivity index (χ2v) is 4.47. The normalized spacial score (nSPS) is 11.8. The maximum atomic E-state index is 11.7. The molecule has 1 aromatic rings. The molecule has 1 rings (SSSR count). The molecule has 0 fully saturated rings. The zero-order valence-electron chi connectivity index (χ0n) is 12.3. The summed E-state index contributed by atoms with van der Waals surface area (Å²) in [6.07, 6.45) is 1.97. The number of esters is 1. The lowest BCUT2D eigenvalue weighted by atomic mass is 10.0. The van der Waals surface area contributed by atoms with E-state index in [-0.39, 0.29) is 12.4 Å². The van der Waals surface area contributed by atoms with Crippen LogP contribution in [0.1, 0.15) is 37.8 Å². The molecule has 1 aromatic carbocycles. The number of ether oxygens (including phenoxy) is 3. The molecule has 0 saturated heterocycles. The Balaban J connectivity index is 2.72. The number of methoxy groups -OCH3 is 2. The second kappa shape index (κ2) is 8.43. The third-order valence-electron chi connectivity index (χ3n) is 2.98. The molecule has 2 N–H and O–H groups in total. The van der Waals surface area contributed by atoms with Crippen LogP contribution in [-0.2, 0) is 9.53 Å². The standard InChI is InChI=1S/C15H23NO4/c1-4-5-9-20-14(17)10-12(16)11-7-6-8-13(18-2)15(11)19-3/h6-8,12H,4-5,9-10,16H2,1-3H3. The Morgan fingerprint density at radius 2 is 2.05 bits per heavy atom. The Kier molecular flexibility index (Phi) is 6.87. The summed E-state index contributed by atoms with van der Waals surface area (Å²) in [7, 11) is 3.11. The highest BCUT2D eigenvalue weighted by Gasteiger charge is 2.19. The Labute approximate surface area is 120 Å². The smallest absolute Gasteiger partial charge is 0.307 e. The molecule has 5 nitrogen and oxygen atoms in total. The van der Waals surface area contributed by atoms with Crippen LogP contribution in [0, 0.1) is 0 Å². The molecular weight excluding hydrogens is 258 g/mol. The molecule has 0 heterocycles. The Bertz CT molecular complexity index is 434. The molecule has 0 amide bonds. The number of nitrogens with two attached hydrogens (primary N) is 1. The molecule has 112 valence electrons. The van der Waals surface area contributed by atoms with E-state index in [1.165, 1.54) is 0 Å². The van der Waals surface area contributed by atoms with Crippen LogP contribution in [0.2, 0.25) is 0 Å². The highest BCUT2D eigenvalue weighted by molar-refractivity contribution is 5.70. The summed E-state index contributed by atoms with van der Waals surface area (Å²) in [6.45, 7) is 2.48. The van der Waals surface area contributed by atoms with E-state index in [1.54, 1.807) is 20.3 Å². The lowest BCUT2D eigenvalue weighted by molar-refractivity contribution is -0.144. The Hall–Kier alpha value is -1.75.